The summed E-state index contributed by atoms with van der Waals surface area (Å²) in [6, 6.07) is 1.67. The molecule has 1 aliphatic heterocycles. The largest absolute Gasteiger partial charge is 0.322 e. The van der Waals surface area contributed by atoms with E-state index in [4.69, 9.17) is 11.6 Å². The Morgan fingerprint density at radius 3 is 2.89 bits per heavy atom. The number of sulfone groups is 1. The highest BCUT2D eigenvalue weighted by molar-refractivity contribution is 7.92. The third-order valence-electron chi connectivity index (χ3n) is 3.10. The molecule has 5 nitrogen and oxygen atoms in total. The lowest BCUT2D eigenvalue weighted by atomic mass is 10.2. The van der Waals surface area contributed by atoms with Crippen LogP contribution in [0.2, 0.25) is 5.15 Å². The molecule has 1 saturated heterocycles. The molecule has 1 fully saturated rings. The van der Waals surface area contributed by atoms with E-state index in [0.717, 1.165) is 12.0 Å². The minimum absolute atomic E-state index is 0.0743. The second kappa shape index (κ2) is 5.46. The summed E-state index contributed by atoms with van der Waals surface area (Å²) < 4.78 is 23.7. The molecule has 19 heavy (non-hydrogen) atoms. The Labute approximate surface area is 117 Å². The fraction of sp³-hybridized carbons (Fsp3) is 0.500. The fourth-order valence-corrected chi connectivity index (χ4v) is 4.05. The van der Waals surface area contributed by atoms with E-state index in [1.54, 1.807) is 12.3 Å². The molecule has 0 saturated carbocycles. The monoisotopic (exact) mass is 302 g/mol. The van der Waals surface area contributed by atoms with Crippen molar-refractivity contribution in [3.8, 4) is 0 Å². The van der Waals surface area contributed by atoms with Crippen molar-refractivity contribution in [2.75, 3.05) is 11.1 Å². The van der Waals surface area contributed by atoms with Crippen molar-refractivity contribution in [3.63, 3.8) is 0 Å². The van der Waals surface area contributed by atoms with E-state index in [9.17, 15) is 13.2 Å². The Kier molecular flexibility index (Phi) is 4.10. The highest BCUT2D eigenvalue weighted by Crippen LogP contribution is 2.24. The molecule has 1 aromatic rings. The molecule has 1 aromatic heterocycles. The van der Waals surface area contributed by atoms with Crippen LogP contribution in [0, 0.1) is 6.92 Å². The van der Waals surface area contributed by atoms with E-state index in [1.807, 2.05) is 6.92 Å². The van der Waals surface area contributed by atoms with Gasteiger partial charge >= 0.3 is 0 Å². The number of carbonyl (C=O) groups is 1. The first-order valence-electron chi connectivity index (χ1n) is 6.05. The van der Waals surface area contributed by atoms with Crippen LogP contribution in [0.25, 0.3) is 0 Å². The van der Waals surface area contributed by atoms with Gasteiger partial charge in [0.2, 0.25) is 5.91 Å². The van der Waals surface area contributed by atoms with Gasteiger partial charge in [-0.15, -0.1) is 0 Å². The Morgan fingerprint density at radius 1 is 1.47 bits per heavy atom. The van der Waals surface area contributed by atoms with Crippen molar-refractivity contribution in [1.82, 2.24) is 4.98 Å². The molecule has 1 N–H and O–H groups in total. The normalized spacial score (nSPS) is 21.9. The summed E-state index contributed by atoms with van der Waals surface area (Å²) in [5, 5.41) is 1.75. The van der Waals surface area contributed by atoms with Gasteiger partial charge < -0.3 is 5.32 Å². The zero-order valence-corrected chi connectivity index (χ0v) is 12.1. The summed E-state index contributed by atoms with van der Waals surface area (Å²) >= 11 is 5.88. The highest BCUT2D eigenvalue weighted by atomic mass is 35.5. The first kappa shape index (κ1) is 14.3. The number of carbonyl (C=O) groups excluding carboxylic acids is 1. The number of aryl methyl sites for hydroxylation is 1. The van der Waals surface area contributed by atoms with Crippen LogP contribution in [0.4, 0.5) is 5.69 Å². The van der Waals surface area contributed by atoms with Gasteiger partial charge in [-0.2, -0.15) is 0 Å². The molecular weight excluding hydrogens is 288 g/mol. The summed E-state index contributed by atoms with van der Waals surface area (Å²) in [5.41, 5.74) is 1.19. The molecule has 1 aliphatic rings. The molecule has 0 aromatic carbocycles. The highest BCUT2D eigenvalue weighted by Gasteiger charge is 2.35. The Bertz CT molecular complexity index is 601. The molecule has 7 heteroatoms. The summed E-state index contributed by atoms with van der Waals surface area (Å²) in [6.07, 6.45) is 3.32. The van der Waals surface area contributed by atoms with Gasteiger partial charge in [0, 0.05) is 6.20 Å². The molecule has 2 rings (SSSR count). The minimum Gasteiger partial charge on any atom is -0.322 e. The van der Waals surface area contributed by atoms with Crippen molar-refractivity contribution < 1.29 is 13.2 Å². The van der Waals surface area contributed by atoms with Crippen molar-refractivity contribution in [1.29, 1.82) is 0 Å². The number of nitrogens with one attached hydrogen (secondary N) is 1. The van der Waals surface area contributed by atoms with Crippen LogP contribution in [0.5, 0.6) is 0 Å². The first-order chi connectivity index (χ1) is 8.90. The fourth-order valence-electron chi connectivity index (χ4n) is 2.10. The van der Waals surface area contributed by atoms with Gasteiger partial charge in [0.1, 0.15) is 5.25 Å². The SMILES string of the molecule is Cc1cnc(Cl)c(NC(=O)C2CCCCS2(=O)=O)c1. The molecule has 104 valence electrons. The number of anilines is 1. The summed E-state index contributed by atoms with van der Waals surface area (Å²) in [5.74, 6) is -0.445. The topological polar surface area (TPSA) is 76.1 Å². The smallest absolute Gasteiger partial charge is 0.242 e. The van der Waals surface area contributed by atoms with E-state index < -0.39 is 21.0 Å². The average molecular weight is 303 g/mol. The number of rotatable bonds is 2. The lowest BCUT2D eigenvalue weighted by molar-refractivity contribution is -0.116. The predicted octanol–water partition coefficient (Wildman–Crippen LogP) is 1.95. The molecule has 1 amide bonds. The maximum atomic E-state index is 12.1. The summed E-state index contributed by atoms with van der Waals surface area (Å²) in [6.45, 7) is 1.82. The number of halogens is 1. The van der Waals surface area contributed by atoms with Crippen LogP contribution in [-0.2, 0) is 14.6 Å². The average Bonchev–Trinajstić information content (AvgIpc) is 2.33. The predicted molar refractivity (Wildman–Crippen MR) is 74.0 cm³/mol. The molecule has 1 unspecified atom stereocenters. The standard InChI is InChI=1S/C12H15ClN2O3S/c1-8-6-9(11(13)14-7-8)15-12(16)10-4-2-3-5-19(10,17)18/h6-7,10H,2-5H2,1H3,(H,15,16). The van der Waals surface area contributed by atoms with Crippen molar-refractivity contribution in [3.05, 3.63) is 23.0 Å². The third-order valence-corrected chi connectivity index (χ3v) is 5.58. The van der Waals surface area contributed by atoms with Crippen LogP contribution < -0.4 is 5.32 Å². The van der Waals surface area contributed by atoms with Crippen LogP contribution >= 0.6 is 11.6 Å². The van der Waals surface area contributed by atoms with Crippen molar-refractivity contribution >= 4 is 33.0 Å². The van der Waals surface area contributed by atoms with E-state index in [-0.39, 0.29) is 10.9 Å². The van der Waals surface area contributed by atoms with Crippen molar-refractivity contribution in [2.45, 2.75) is 31.4 Å². The van der Waals surface area contributed by atoms with Crippen LogP contribution in [0.3, 0.4) is 0 Å². The Morgan fingerprint density at radius 2 is 2.21 bits per heavy atom. The van der Waals surface area contributed by atoms with Gasteiger partial charge in [0.05, 0.1) is 11.4 Å². The quantitative estimate of drug-likeness (QED) is 0.847. The molecule has 0 spiro atoms. The lowest BCUT2D eigenvalue weighted by Crippen LogP contribution is -2.39. The molecule has 0 radical (unpaired) electrons. The van der Waals surface area contributed by atoms with Crippen LogP contribution in [-0.4, -0.2) is 30.3 Å². The van der Waals surface area contributed by atoms with Gasteiger partial charge in [-0.05, 0) is 31.4 Å². The first-order valence-corrected chi connectivity index (χ1v) is 8.14. The van der Waals surface area contributed by atoms with Crippen LogP contribution in [0.1, 0.15) is 24.8 Å². The Hall–Kier alpha value is -1.14. The number of nitrogens with zero attached hydrogens (tertiary/aromatic N) is 1. The van der Waals surface area contributed by atoms with Crippen molar-refractivity contribution in [2.24, 2.45) is 0 Å². The van der Waals surface area contributed by atoms with Gasteiger partial charge in [0.15, 0.2) is 15.0 Å². The molecule has 2 heterocycles. The van der Waals surface area contributed by atoms with E-state index in [0.29, 0.717) is 18.5 Å². The van der Waals surface area contributed by atoms with E-state index in [1.165, 1.54) is 0 Å². The second-order valence-electron chi connectivity index (χ2n) is 4.69. The zero-order valence-electron chi connectivity index (χ0n) is 10.5. The maximum absolute atomic E-state index is 12.1. The third kappa shape index (κ3) is 3.25. The van der Waals surface area contributed by atoms with Gasteiger partial charge in [-0.1, -0.05) is 18.0 Å². The summed E-state index contributed by atoms with van der Waals surface area (Å²) in [7, 11) is -3.34. The number of hydrogen-bond donors (Lipinski definition) is 1. The van der Waals surface area contributed by atoms with Crippen LogP contribution in [0.15, 0.2) is 12.3 Å². The number of hydrogen-bond acceptors (Lipinski definition) is 4. The molecular formula is C12H15ClN2O3S. The lowest BCUT2D eigenvalue weighted by Gasteiger charge is -2.21. The minimum atomic E-state index is -3.34. The van der Waals surface area contributed by atoms with Gasteiger partial charge in [0.25, 0.3) is 0 Å². The van der Waals surface area contributed by atoms with Gasteiger partial charge in [-0.25, -0.2) is 13.4 Å². The molecule has 1 atom stereocenters. The number of pyridine rings is 1. The maximum Gasteiger partial charge on any atom is 0.242 e. The van der Waals surface area contributed by atoms with E-state index in [2.05, 4.69) is 10.3 Å². The number of aromatic nitrogens is 1. The summed E-state index contributed by atoms with van der Waals surface area (Å²) in [4.78, 5) is 16.0. The number of amides is 1. The Balaban J connectivity index is 2.19. The molecule has 0 aliphatic carbocycles. The molecule has 0 bridgehead atoms. The van der Waals surface area contributed by atoms with E-state index >= 15 is 0 Å². The second-order valence-corrected chi connectivity index (χ2v) is 7.35. The van der Waals surface area contributed by atoms with Gasteiger partial charge in [-0.3, -0.25) is 4.79 Å². The zero-order chi connectivity index (χ0) is 14.0.